The smallest absolute Gasteiger partial charge is 0.254 e. The van der Waals surface area contributed by atoms with Crippen LogP contribution in [0.3, 0.4) is 0 Å². The van der Waals surface area contributed by atoms with E-state index in [1.54, 1.807) is 7.11 Å². The van der Waals surface area contributed by atoms with E-state index in [-0.39, 0.29) is 5.91 Å². The van der Waals surface area contributed by atoms with Gasteiger partial charge in [-0.3, -0.25) is 4.79 Å². The molecule has 4 nitrogen and oxygen atoms in total. The number of hydrogen-bond donors (Lipinski definition) is 1. The number of nitrogens with two attached hydrogens (primary N) is 1. The molecule has 0 unspecified atom stereocenters. The summed E-state index contributed by atoms with van der Waals surface area (Å²) >= 11 is 0. The van der Waals surface area contributed by atoms with Crippen molar-refractivity contribution in [1.29, 1.82) is 0 Å². The summed E-state index contributed by atoms with van der Waals surface area (Å²) in [6.07, 6.45) is 2.15. The third-order valence-electron chi connectivity index (χ3n) is 3.58. The number of amides is 1. The van der Waals surface area contributed by atoms with E-state index in [2.05, 4.69) is 0 Å². The largest absolute Gasteiger partial charge is 0.399 e. The van der Waals surface area contributed by atoms with E-state index in [4.69, 9.17) is 10.5 Å². The second-order valence-electron chi connectivity index (χ2n) is 5.62. The minimum Gasteiger partial charge on any atom is -0.399 e. The van der Waals surface area contributed by atoms with Crippen LogP contribution in [0.4, 0.5) is 5.69 Å². The van der Waals surface area contributed by atoms with Crippen molar-refractivity contribution in [1.82, 2.24) is 4.90 Å². The molecule has 1 aliphatic carbocycles. The normalized spacial score (nSPS) is 15.3. The van der Waals surface area contributed by atoms with E-state index >= 15 is 0 Å². The van der Waals surface area contributed by atoms with Gasteiger partial charge in [0, 0.05) is 25.4 Å². The van der Waals surface area contributed by atoms with Crippen molar-refractivity contribution in [3.05, 3.63) is 29.8 Å². The van der Waals surface area contributed by atoms with Crippen molar-refractivity contribution >= 4 is 11.6 Å². The van der Waals surface area contributed by atoms with Crippen LogP contribution in [0.2, 0.25) is 0 Å². The minimum absolute atomic E-state index is 0.0416. The summed E-state index contributed by atoms with van der Waals surface area (Å²) in [5.41, 5.74) is 6.80. The lowest BCUT2D eigenvalue weighted by atomic mass is 10.1. The molecule has 19 heavy (non-hydrogen) atoms. The first-order chi connectivity index (χ1) is 8.94. The van der Waals surface area contributed by atoms with Crippen molar-refractivity contribution in [2.75, 3.05) is 12.8 Å². The van der Waals surface area contributed by atoms with Gasteiger partial charge >= 0.3 is 0 Å². The van der Waals surface area contributed by atoms with Crippen molar-refractivity contribution in [3.8, 4) is 0 Å². The van der Waals surface area contributed by atoms with Gasteiger partial charge in [0.25, 0.3) is 5.91 Å². The van der Waals surface area contributed by atoms with Crippen LogP contribution < -0.4 is 5.73 Å². The lowest BCUT2D eigenvalue weighted by Crippen LogP contribution is -2.47. The highest BCUT2D eigenvalue weighted by Crippen LogP contribution is 2.31. The van der Waals surface area contributed by atoms with Crippen molar-refractivity contribution in [3.63, 3.8) is 0 Å². The van der Waals surface area contributed by atoms with Crippen LogP contribution in [0.1, 0.15) is 32.3 Å². The first-order valence-corrected chi connectivity index (χ1v) is 6.64. The van der Waals surface area contributed by atoms with Gasteiger partial charge in [-0.2, -0.15) is 0 Å². The molecule has 1 amide bonds. The average molecular weight is 262 g/mol. The van der Waals surface area contributed by atoms with Gasteiger partial charge < -0.3 is 15.4 Å². The number of methoxy groups -OCH3 is 1. The van der Waals surface area contributed by atoms with Gasteiger partial charge in [0.05, 0.1) is 0 Å². The fourth-order valence-electron chi connectivity index (χ4n) is 2.07. The average Bonchev–Trinajstić information content (AvgIpc) is 3.19. The van der Waals surface area contributed by atoms with Crippen LogP contribution in [0.5, 0.6) is 0 Å². The summed E-state index contributed by atoms with van der Waals surface area (Å²) < 4.78 is 5.30. The van der Waals surface area contributed by atoms with E-state index in [1.807, 2.05) is 43.0 Å². The SMILES string of the molecule is COC(C)(C)C(=O)N(Cc1cccc(N)c1)C1CC1. The van der Waals surface area contributed by atoms with Crippen LogP contribution in [0.15, 0.2) is 24.3 Å². The van der Waals surface area contributed by atoms with Crippen molar-refractivity contribution in [2.24, 2.45) is 0 Å². The molecule has 0 aromatic heterocycles. The monoisotopic (exact) mass is 262 g/mol. The highest BCUT2D eigenvalue weighted by molar-refractivity contribution is 5.85. The molecule has 104 valence electrons. The van der Waals surface area contributed by atoms with E-state index in [0.717, 1.165) is 24.1 Å². The minimum atomic E-state index is -0.775. The Morgan fingerprint density at radius 2 is 2.16 bits per heavy atom. The first kappa shape index (κ1) is 13.9. The molecule has 1 aliphatic rings. The number of carbonyl (C=O) groups is 1. The van der Waals surface area contributed by atoms with Crippen LogP contribution in [-0.2, 0) is 16.1 Å². The molecule has 0 heterocycles. The zero-order valence-electron chi connectivity index (χ0n) is 11.8. The maximum Gasteiger partial charge on any atom is 0.254 e. The molecular weight excluding hydrogens is 240 g/mol. The first-order valence-electron chi connectivity index (χ1n) is 6.64. The molecule has 1 aromatic rings. The Morgan fingerprint density at radius 1 is 1.47 bits per heavy atom. The topological polar surface area (TPSA) is 55.6 Å². The summed E-state index contributed by atoms with van der Waals surface area (Å²) in [7, 11) is 1.57. The molecule has 0 radical (unpaired) electrons. The summed E-state index contributed by atoms with van der Waals surface area (Å²) in [5.74, 6) is 0.0416. The molecule has 0 saturated heterocycles. The van der Waals surface area contributed by atoms with Gasteiger partial charge in [0.15, 0.2) is 0 Å². The Balaban J connectivity index is 2.15. The second kappa shape index (κ2) is 5.21. The van der Waals surface area contributed by atoms with E-state index < -0.39 is 5.60 Å². The summed E-state index contributed by atoms with van der Waals surface area (Å²) in [6.45, 7) is 4.22. The molecule has 1 aromatic carbocycles. The van der Waals surface area contributed by atoms with Crippen LogP contribution in [0.25, 0.3) is 0 Å². The Hall–Kier alpha value is -1.55. The highest BCUT2D eigenvalue weighted by Gasteiger charge is 2.39. The number of anilines is 1. The maximum atomic E-state index is 12.5. The fourth-order valence-corrected chi connectivity index (χ4v) is 2.07. The van der Waals surface area contributed by atoms with Gasteiger partial charge in [0.1, 0.15) is 5.60 Å². The van der Waals surface area contributed by atoms with E-state index in [1.165, 1.54) is 0 Å². The molecule has 2 N–H and O–H groups in total. The van der Waals surface area contributed by atoms with Gasteiger partial charge in [-0.25, -0.2) is 0 Å². The predicted molar refractivity (Wildman–Crippen MR) is 75.5 cm³/mol. The van der Waals surface area contributed by atoms with Crippen molar-refractivity contribution in [2.45, 2.75) is 44.9 Å². The number of benzene rings is 1. The fraction of sp³-hybridized carbons (Fsp3) is 0.533. The van der Waals surface area contributed by atoms with Gasteiger partial charge in [-0.05, 0) is 44.4 Å². The van der Waals surface area contributed by atoms with Crippen LogP contribution in [-0.4, -0.2) is 29.6 Å². The summed E-state index contributed by atoms with van der Waals surface area (Å²) in [4.78, 5) is 14.5. The lowest BCUT2D eigenvalue weighted by Gasteiger charge is -2.31. The van der Waals surface area contributed by atoms with Crippen molar-refractivity contribution < 1.29 is 9.53 Å². The third kappa shape index (κ3) is 3.26. The molecule has 0 atom stereocenters. The molecule has 0 aliphatic heterocycles. The zero-order valence-corrected chi connectivity index (χ0v) is 11.8. The molecule has 0 spiro atoms. The summed E-state index contributed by atoms with van der Waals surface area (Å²) in [5, 5.41) is 0. The molecule has 0 bridgehead atoms. The maximum absolute atomic E-state index is 12.5. The quantitative estimate of drug-likeness (QED) is 0.827. The predicted octanol–water partition coefficient (Wildman–Crippen LogP) is 2.18. The third-order valence-corrected chi connectivity index (χ3v) is 3.58. The molecule has 1 saturated carbocycles. The Kier molecular flexibility index (Phi) is 3.80. The number of carbonyl (C=O) groups excluding carboxylic acids is 1. The summed E-state index contributed by atoms with van der Waals surface area (Å²) in [6, 6.07) is 8.04. The Labute approximate surface area is 114 Å². The van der Waals surface area contributed by atoms with Crippen LogP contribution in [0, 0.1) is 0 Å². The molecule has 4 heteroatoms. The number of hydrogen-bond acceptors (Lipinski definition) is 3. The molecule has 2 rings (SSSR count). The number of nitrogen functional groups attached to an aromatic ring is 1. The van der Waals surface area contributed by atoms with E-state index in [0.29, 0.717) is 12.6 Å². The lowest BCUT2D eigenvalue weighted by molar-refractivity contribution is -0.152. The van der Waals surface area contributed by atoms with Crippen LogP contribution >= 0.6 is 0 Å². The number of nitrogens with zero attached hydrogens (tertiary/aromatic N) is 1. The van der Waals surface area contributed by atoms with E-state index in [9.17, 15) is 4.79 Å². The zero-order chi connectivity index (χ0) is 14.0. The number of rotatable bonds is 5. The van der Waals surface area contributed by atoms with Gasteiger partial charge in [-0.15, -0.1) is 0 Å². The van der Waals surface area contributed by atoms with Gasteiger partial charge in [0.2, 0.25) is 0 Å². The second-order valence-corrected chi connectivity index (χ2v) is 5.62. The molecular formula is C15H22N2O2. The van der Waals surface area contributed by atoms with Gasteiger partial charge in [-0.1, -0.05) is 12.1 Å². The molecule has 1 fully saturated rings. The highest BCUT2D eigenvalue weighted by atomic mass is 16.5. The standard InChI is InChI=1S/C15H22N2O2/c1-15(2,19-3)14(18)17(13-7-8-13)10-11-5-4-6-12(16)9-11/h4-6,9,13H,7-8,10,16H2,1-3H3. The number of ether oxygens (including phenoxy) is 1. The Bertz CT molecular complexity index is 467. The Morgan fingerprint density at radius 3 is 2.68 bits per heavy atom.